The summed E-state index contributed by atoms with van der Waals surface area (Å²) >= 11 is 0. The van der Waals surface area contributed by atoms with Gasteiger partial charge >= 0.3 is 12.1 Å². The minimum Gasteiger partial charge on any atom is -0.465 e. The Balaban J connectivity index is 1.88. The van der Waals surface area contributed by atoms with E-state index in [0.29, 0.717) is 35.3 Å². The molecule has 1 fully saturated rings. The van der Waals surface area contributed by atoms with Crippen molar-refractivity contribution in [1.29, 1.82) is 0 Å². The monoisotopic (exact) mass is 341 g/mol. The Kier molecular flexibility index (Phi) is 4.49. The molecule has 1 N–H and O–H groups in total. The molecule has 1 aliphatic rings. The molecule has 130 valence electrons. The number of nitrogens with zero attached hydrogens (tertiary/aromatic N) is 2. The van der Waals surface area contributed by atoms with Crippen LogP contribution in [0.15, 0.2) is 18.3 Å². The van der Waals surface area contributed by atoms with Crippen LogP contribution in [0.1, 0.15) is 28.9 Å². The molecule has 8 heteroatoms. The van der Waals surface area contributed by atoms with Gasteiger partial charge in [0, 0.05) is 30.4 Å². The number of carbonyl (C=O) groups is 1. The highest BCUT2D eigenvalue weighted by Gasteiger charge is 2.41. The summed E-state index contributed by atoms with van der Waals surface area (Å²) < 4.78 is 43.7. The zero-order valence-electron chi connectivity index (χ0n) is 13.2. The number of aromatic nitrogens is 2. The first kappa shape index (κ1) is 16.8. The number of carbonyl (C=O) groups excluding carboxylic acids is 1. The highest BCUT2D eigenvalue weighted by atomic mass is 19.4. The molecule has 24 heavy (non-hydrogen) atoms. The Morgan fingerprint density at radius 2 is 2.29 bits per heavy atom. The fourth-order valence-electron chi connectivity index (χ4n) is 3.22. The average molecular weight is 341 g/mol. The number of pyridine rings is 1. The van der Waals surface area contributed by atoms with Crippen molar-refractivity contribution in [2.24, 2.45) is 5.92 Å². The van der Waals surface area contributed by atoms with Gasteiger partial charge in [-0.25, -0.2) is 9.78 Å². The molecule has 0 unspecified atom stereocenters. The first-order chi connectivity index (χ1) is 11.4. The number of fused-ring (bicyclic) bond motifs is 1. The summed E-state index contributed by atoms with van der Waals surface area (Å²) in [5.41, 5.74) is 1.41. The molecule has 0 aromatic carbocycles. The molecule has 0 bridgehead atoms. The summed E-state index contributed by atoms with van der Waals surface area (Å²) in [6.07, 6.45) is -1.97. The molecule has 1 saturated heterocycles. The van der Waals surface area contributed by atoms with E-state index in [-0.39, 0.29) is 19.5 Å². The lowest BCUT2D eigenvalue weighted by atomic mass is 9.97. The van der Waals surface area contributed by atoms with E-state index in [4.69, 9.17) is 4.74 Å². The van der Waals surface area contributed by atoms with Crippen molar-refractivity contribution in [2.75, 3.05) is 20.2 Å². The number of likely N-dealkylation sites (tertiary alicyclic amines) is 1. The summed E-state index contributed by atoms with van der Waals surface area (Å²) in [5.74, 6) is -1.84. The number of H-pyrrole nitrogens is 1. The van der Waals surface area contributed by atoms with Gasteiger partial charge in [-0.15, -0.1) is 0 Å². The first-order valence-corrected chi connectivity index (χ1v) is 7.73. The lowest BCUT2D eigenvalue weighted by molar-refractivity contribution is -0.187. The third-order valence-electron chi connectivity index (χ3n) is 4.39. The molecule has 3 rings (SSSR count). The maximum Gasteiger partial charge on any atom is 0.393 e. The van der Waals surface area contributed by atoms with Crippen molar-refractivity contribution < 1.29 is 22.7 Å². The molecule has 0 aliphatic carbocycles. The molecule has 2 aromatic heterocycles. The van der Waals surface area contributed by atoms with Gasteiger partial charge in [0.1, 0.15) is 5.65 Å². The van der Waals surface area contributed by atoms with E-state index in [1.54, 1.807) is 23.2 Å². The summed E-state index contributed by atoms with van der Waals surface area (Å²) in [6.45, 7) is 0.732. The van der Waals surface area contributed by atoms with Crippen LogP contribution in [0.5, 0.6) is 0 Å². The van der Waals surface area contributed by atoms with Gasteiger partial charge < -0.3 is 9.72 Å². The number of hydrogen-bond acceptors (Lipinski definition) is 4. The van der Waals surface area contributed by atoms with Crippen LogP contribution in [0, 0.1) is 5.92 Å². The molecule has 3 heterocycles. The van der Waals surface area contributed by atoms with Gasteiger partial charge in [-0.2, -0.15) is 13.2 Å². The minimum atomic E-state index is -4.19. The quantitative estimate of drug-likeness (QED) is 0.872. The van der Waals surface area contributed by atoms with E-state index >= 15 is 0 Å². The molecule has 1 atom stereocenters. The number of hydrogen-bond donors (Lipinski definition) is 1. The van der Waals surface area contributed by atoms with E-state index in [1.165, 1.54) is 7.11 Å². The van der Waals surface area contributed by atoms with E-state index in [2.05, 4.69) is 9.97 Å². The summed E-state index contributed by atoms with van der Waals surface area (Å²) in [7, 11) is 1.28. The topological polar surface area (TPSA) is 58.2 Å². The number of aromatic amines is 1. The minimum absolute atomic E-state index is 0.0626. The van der Waals surface area contributed by atoms with E-state index in [1.807, 2.05) is 0 Å². The second-order valence-corrected chi connectivity index (χ2v) is 5.99. The molecular weight excluding hydrogens is 323 g/mol. The Bertz CT molecular complexity index is 742. The molecule has 2 aromatic rings. The van der Waals surface area contributed by atoms with Gasteiger partial charge in [0.2, 0.25) is 0 Å². The van der Waals surface area contributed by atoms with Gasteiger partial charge in [0.25, 0.3) is 0 Å². The Hall–Kier alpha value is -2.09. The van der Waals surface area contributed by atoms with Crippen LogP contribution in [0.25, 0.3) is 11.0 Å². The summed E-state index contributed by atoms with van der Waals surface area (Å²) in [4.78, 5) is 21.0. The van der Waals surface area contributed by atoms with Crippen molar-refractivity contribution in [3.8, 4) is 0 Å². The van der Waals surface area contributed by atoms with Gasteiger partial charge in [-0.3, -0.25) is 4.90 Å². The predicted molar refractivity (Wildman–Crippen MR) is 81.5 cm³/mol. The number of halogens is 3. The van der Waals surface area contributed by atoms with E-state index in [9.17, 15) is 18.0 Å². The first-order valence-electron chi connectivity index (χ1n) is 7.73. The van der Waals surface area contributed by atoms with Crippen LogP contribution >= 0.6 is 0 Å². The fraction of sp³-hybridized carbons (Fsp3) is 0.500. The highest BCUT2D eigenvalue weighted by molar-refractivity contribution is 6.04. The Morgan fingerprint density at radius 3 is 3.00 bits per heavy atom. The lowest BCUT2D eigenvalue weighted by Crippen LogP contribution is -2.41. The second kappa shape index (κ2) is 6.43. The van der Waals surface area contributed by atoms with Crippen molar-refractivity contribution in [1.82, 2.24) is 14.9 Å². The third kappa shape index (κ3) is 3.24. The second-order valence-electron chi connectivity index (χ2n) is 5.99. The standard InChI is InChI=1S/C16H18F3N3O2/c1-24-15(23)13-11-5-2-6-20-14(11)21-12(13)9-22-7-3-4-10(8-22)16(17,18)19/h2,5-6,10H,3-4,7-9H2,1H3,(H,20,21)/t10-/m1/s1. The number of methoxy groups -OCH3 is 1. The number of nitrogens with one attached hydrogen (secondary N) is 1. The van der Waals surface area contributed by atoms with Crippen molar-refractivity contribution >= 4 is 17.0 Å². The zero-order valence-corrected chi connectivity index (χ0v) is 13.2. The average Bonchev–Trinajstić information content (AvgIpc) is 2.91. The number of ether oxygens (including phenoxy) is 1. The summed E-state index contributed by atoms with van der Waals surface area (Å²) in [6, 6.07) is 3.44. The predicted octanol–water partition coefficient (Wildman–Crippen LogP) is 3.12. The number of rotatable bonds is 3. The highest BCUT2D eigenvalue weighted by Crippen LogP contribution is 2.34. The Morgan fingerprint density at radius 1 is 1.50 bits per heavy atom. The largest absolute Gasteiger partial charge is 0.465 e. The fourth-order valence-corrected chi connectivity index (χ4v) is 3.22. The molecule has 0 spiro atoms. The molecule has 0 saturated carbocycles. The van der Waals surface area contributed by atoms with Crippen molar-refractivity contribution in [3.63, 3.8) is 0 Å². The normalized spacial score (nSPS) is 19.6. The van der Waals surface area contributed by atoms with E-state index in [0.717, 1.165) is 0 Å². The SMILES string of the molecule is COC(=O)c1c(CN2CCC[C@@H](C(F)(F)F)C2)[nH]c2ncccc12. The van der Waals surface area contributed by atoms with E-state index < -0.39 is 18.1 Å². The van der Waals surface area contributed by atoms with Crippen molar-refractivity contribution in [2.45, 2.75) is 25.6 Å². The lowest BCUT2D eigenvalue weighted by Gasteiger charge is -2.33. The maximum absolute atomic E-state index is 13.0. The van der Waals surface area contributed by atoms with Crippen LogP contribution in [0.3, 0.4) is 0 Å². The van der Waals surface area contributed by atoms with Crippen LogP contribution in [0.4, 0.5) is 13.2 Å². The zero-order chi connectivity index (χ0) is 17.3. The third-order valence-corrected chi connectivity index (χ3v) is 4.39. The molecule has 0 amide bonds. The number of piperidine rings is 1. The summed E-state index contributed by atoms with van der Waals surface area (Å²) in [5, 5.41) is 0.615. The Labute approximate surface area is 136 Å². The molecule has 5 nitrogen and oxygen atoms in total. The van der Waals surface area contributed by atoms with Gasteiger partial charge in [0.15, 0.2) is 0 Å². The molecular formula is C16H18F3N3O2. The van der Waals surface area contributed by atoms with Gasteiger partial charge in [0.05, 0.1) is 18.6 Å². The molecule has 1 aliphatic heterocycles. The van der Waals surface area contributed by atoms with Crippen LogP contribution in [-0.4, -0.2) is 47.2 Å². The van der Waals surface area contributed by atoms with Crippen LogP contribution in [-0.2, 0) is 11.3 Å². The van der Waals surface area contributed by atoms with Crippen LogP contribution in [0.2, 0.25) is 0 Å². The number of esters is 1. The molecule has 0 radical (unpaired) electrons. The van der Waals surface area contributed by atoms with Gasteiger partial charge in [-0.05, 0) is 31.5 Å². The van der Waals surface area contributed by atoms with Gasteiger partial charge in [-0.1, -0.05) is 0 Å². The van der Waals surface area contributed by atoms with Crippen molar-refractivity contribution in [3.05, 3.63) is 29.6 Å². The smallest absolute Gasteiger partial charge is 0.393 e. The number of alkyl halides is 3. The van der Waals surface area contributed by atoms with Crippen LogP contribution < -0.4 is 0 Å². The maximum atomic E-state index is 13.0.